The predicted molar refractivity (Wildman–Crippen MR) is 173 cm³/mol. The van der Waals surface area contributed by atoms with E-state index in [1.54, 1.807) is 24.3 Å². The molecular weight excluding hydrogens is 547 g/mol. The third kappa shape index (κ3) is 9.72. The molecule has 0 saturated heterocycles. The Hall–Kier alpha value is -3.15. The second-order valence-electron chi connectivity index (χ2n) is 11.8. The Bertz CT molecular complexity index is 1310. The van der Waals surface area contributed by atoms with Crippen LogP contribution in [0.15, 0.2) is 78.9 Å². The van der Waals surface area contributed by atoms with Crippen molar-refractivity contribution in [3.63, 3.8) is 0 Å². The number of primary amides is 1. The van der Waals surface area contributed by atoms with E-state index in [1.165, 1.54) is 10.9 Å². The first kappa shape index (κ1) is 32.4. The van der Waals surface area contributed by atoms with Crippen molar-refractivity contribution >= 4 is 27.0 Å². The molecule has 0 radical (unpaired) electrons. The molecule has 6 nitrogen and oxygen atoms in total. The standard InChI is InChI=1S/C33H45N2O4PSi/c1-6-40(38,7-2)25-35(33(37)29-18-20-30(21-19-29)39-22-11-23-41(3,4)5)31(32(34)36)24-26-14-16-28(17-15-26)27-12-9-8-10-13-27/h8-10,12-21,31H,6-7,11,22-25H2,1-5H3,(H2,34,36)/t31-/m0/s1. The summed E-state index contributed by atoms with van der Waals surface area (Å²) in [6.45, 7) is 11.4. The molecule has 0 heterocycles. The SMILES string of the molecule is CCP(=O)(CC)CN(C(=O)c1ccc(OCCC[Si](C)(C)C)cc1)[C@@H](Cc1ccc(-c2ccccc2)cc1)C(N)=O. The van der Waals surface area contributed by atoms with Gasteiger partial charge in [0.15, 0.2) is 0 Å². The number of nitrogens with zero attached hydrogens (tertiary/aromatic N) is 1. The van der Waals surface area contributed by atoms with Crippen molar-refractivity contribution in [3.05, 3.63) is 90.0 Å². The number of benzene rings is 3. The Morgan fingerprint density at radius 3 is 2.00 bits per heavy atom. The van der Waals surface area contributed by atoms with Gasteiger partial charge in [0.2, 0.25) is 5.91 Å². The van der Waals surface area contributed by atoms with Gasteiger partial charge in [-0.2, -0.15) is 0 Å². The summed E-state index contributed by atoms with van der Waals surface area (Å²) in [6, 6.07) is 25.2. The Morgan fingerprint density at radius 2 is 1.46 bits per heavy atom. The zero-order valence-electron chi connectivity index (χ0n) is 25.1. The van der Waals surface area contributed by atoms with E-state index in [0.29, 0.717) is 30.2 Å². The van der Waals surface area contributed by atoms with Gasteiger partial charge in [0.05, 0.1) is 12.9 Å². The molecule has 220 valence electrons. The van der Waals surface area contributed by atoms with Gasteiger partial charge in [0, 0.05) is 20.1 Å². The molecule has 3 rings (SSSR count). The lowest BCUT2D eigenvalue weighted by Crippen LogP contribution is -2.49. The van der Waals surface area contributed by atoms with Crippen LogP contribution in [-0.4, -0.2) is 56.0 Å². The molecule has 0 aromatic heterocycles. The number of amides is 2. The fourth-order valence-electron chi connectivity index (χ4n) is 4.71. The molecule has 8 heteroatoms. The van der Waals surface area contributed by atoms with Crippen LogP contribution in [0.1, 0.15) is 36.2 Å². The van der Waals surface area contributed by atoms with Gasteiger partial charge in [-0.25, -0.2) is 0 Å². The first-order chi connectivity index (χ1) is 19.4. The van der Waals surface area contributed by atoms with Crippen molar-refractivity contribution in [3.8, 4) is 16.9 Å². The summed E-state index contributed by atoms with van der Waals surface area (Å²) >= 11 is 0. The van der Waals surface area contributed by atoms with E-state index in [-0.39, 0.29) is 18.6 Å². The van der Waals surface area contributed by atoms with Crippen molar-refractivity contribution in [1.82, 2.24) is 4.90 Å². The number of carbonyl (C=O) groups is 2. The number of nitrogens with two attached hydrogens (primary N) is 1. The van der Waals surface area contributed by atoms with Crippen molar-refractivity contribution < 1.29 is 18.9 Å². The van der Waals surface area contributed by atoms with Crippen molar-refractivity contribution in [2.45, 2.75) is 58.4 Å². The molecule has 0 unspecified atom stereocenters. The van der Waals surface area contributed by atoms with Crippen LogP contribution in [-0.2, 0) is 15.8 Å². The number of hydrogen-bond donors (Lipinski definition) is 1. The molecule has 0 spiro atoms. The van der Waals surface area contributed by atoms with Gasteiger partial charge in [0.1, 0.15) is 18.9 Å². The normalized spacial score (nSPS) is 12.5. The van der Waals surface area contributed by atoms with Crippen LogP contribution >= 0.6 is 7.14 Å². The molecule has 0 bridgehead atoms. The first-order valence-electron chi connectivity index (χ1n) is 14.5. The van der Waals surface area contributed by atoms with Crippen molar-refractivity contribution in [2.24, 2.45) is 5.73 Å². The summed E-state index contributed by atoms with van der Waals surface area (Å²) in [5.41, 5.74) is 9.34. The van der Waals surface area contributed by atoms with Crippen LogP contribution in [0.25, 0.3) is 11.1 Å². The molecule has 2 amide bonds. The number of carbonyl (C=O) groups excluding carboxylic acids is 2. The maximum atomic E-state index is 13.9. The molecule has 3 aromatic carbocycles. The van der Waals surface area contributed by atoms with Crippen LogP contribution < -0.4 is 10.5 Å². The minimum Gasteiger partial charge on any atom is -0.494 e. The molecule has 0 saturated carbocycles. The lowest BCUT2D eigenvalue weighted by Gasteiger charge is -2.33. The maximum Gasteiger partial charge on any atom is 0.254 e. The molecule has 0 aliphatic carbocycles. The lowest BCUT2D eigenvalue weighted by molar-refractivity contribution is -0.122. The predicted octanol–water partition coefficient (Wildman–Crippen LogP) is 7.36. The van der Waals surface area contributed by atoms with Crippen molar-refractivity contribution in [2.75, 3.05) is 25.2 Å². The van der Waals surface area contributed by atoms with Gasteiger partial charge in [-0.1, -0.05) is 94.1 Å². The molecule has 1 atom stereocenters. The van der Waals surface area contributed by atoms with E-state index >= 15 is 0 Å². The summed E-state index contributed by atoms with van der Waals surface area (Å²) < 4.78 is 19.5. The Labute approximate surface area is 246 Å². The molecule has 2 N–H and O–H groups in total. The first-order valence-corrected chi connectivity index (χ1v) is 20.5. The van der Waals surface area contributed by atoms with Gasteiger partial charge in [-0.3, -0.25) is 9.59 Å². The monoisotopic (exact) mass is 592 g/mol. The average molecular weight is 593 g/mol. The minimum absolute atomic E-state index is 0.00345. The number of ether oxygens (including phenoxy) is 1. The maximum absolute atomic E-state index is 13.9. The third-order valence-corrected chi connectivity index (χ3v) is 12.4. The minimum atomic E-state index is -2.72. The molecule has 41 heavy (non-hydrogen) atoms. The quantitative estimate of drug-likeness (QED) is 0.113. The van der Waals surface area contributed by atoms with E-state index in [0.717, 1.165) is 23.1 Å². The lowest BCUT2D eigenvalue weighted by atomic mass is 9.99. The van der Waals surface area contributed by atoms with Gasteiger partial charge in [-0.15, -0.1) is 0 Å². The summed E-state index contributed by atoms with van der Waals surface area (Å²) in [6.07, 6.45) is 2.12. The van der Waals surface area contributed by atoms with Gasteiger partial charge < -0.3 is 19.9 Å². The molecule has 0 fully saturated rings. The van der Waals surface area contributed by atoms with Crippen LogP contribution in [0.3, 0.4) is 0 Å². The van der Waals surface area contributed by atoms with Gasteiger partial charge >= 0.3 is 0 Å². The zero-order chi connectivity index (χ0) is 30.0. The second-order valence-corrected chi connectivity index (χ2v) is 21.1. The van der Waals surface area contributed by atoms with E-state index in [4.69, 9.17) is 10.5 Å². The molecule has 0 aliphatic heterocycles. The van der Waals surface area contributed by atoms with Crippen LogP contribution in [0, 0.1) is 0 Å². The highest BCUT2D eigenvalue weighted by molar-refractivity contribution is 7.63. The van der Waals surface area contributed by atoms with E-state index < -0.39 is 27.2 Å². The highest BCUT2D eigenvalue weighted by atomic mass is 31.2. The van der Waals surface area contributed by atoms with Gasteiger partial charge in [-0.05, 0) is 59.7 Å². The summed E-state index contributed by atoms with van der Waals surface area (Å²) in [5.74, 6) is -0.282. The number of hydrogen-bond acceptors (Lipinski definition) is 4. The zero-order valence-corrected chi connectivity index (χ0v) is 27.0. The summed E-state index contributed by atoms with van der Waals surface area (Å²) in [7, 11) is -3.84. The summed E-state index contributed by atoms with van der Waals surface area (Å²) in [5, 5.41) is 0. The van der Waals surface area contributed by atoms with Gasteiger partial charge in [0.25, 0.3) is 5.91 Å². The highest BCUT2D eigenvalue weighted by Crippen LogP contribution is 2.46. The fourth-order valence-corrected chi connectivity index (χ4v) is 7.64. The molecular formula is C33H45N2O4PSi. The second kappa shape index (κ2) is 14.7. The van der Waals surface area contributed by atoms with E-state index in [1.807, 2.05) is 68.4 Å². The Morgan fingerprint density at radius 1 is 0.878 bits per heavy atom. The van der Waals surface area contributed by atoms with Crippen LogP contribution in [0.2, 0.25) is 25.7 Å². The van der Waals surface area contributed by atoms with Crippen LogP contribution in [0.5, 0.6) is 5.75 Å². The third-order valence-electron chi connectivity index (χ3n) is 7.46. The van der Waals surface area contributed by atoms with E-state index in [9.17, 15) is 14.2 Å². The largest absolute Gasteiger partial charge is 0.494 e. The fraction of sp³-hybridized carbons (Fsp3) is 0.394. The molecule has 3 aromatic rings. The Balaban J connectivity index is 1.82. The van der Waals surface area contributed by atoms with Crippen LogP contribution in [0.4, 0.5) is 0 Å². The van der Waals surface area contributed by atoms with E-state index in [2.05, 4.69) is 19.6 Å². The average Bonchev–Trinajstić information content (AvgIpc) is 2.97. The topological polar surface area (TPSA) is 89.7 Å². The Kier molecular flexibility index (Phi) is 11.6. The highest BCUT2D eigenvalue weighted by Gasteiger charge is 2.34. The van der Waals surface area contributed by atoms with Crippen molar-refractivity contribution in [1.29, 1.82) is 0 Å². The smallest absolute Gasteiger partial charge is 0.254 e. The molecule has 0 aliphatic rings. The number of rotatable bonds is 15. The summed E-state index contributed by atoms with van der Waals surface area (Å²) in [4.78, 5) is 28.1.